The summed E-state index contributed by atoms with van der Waals surface area (Å²) in [5.41, 5.74) is 0.429. The number of aromatic carboxylic acids is 1. The molecule has 4 N–H and O–H groups in total. The number of ketones is 3. The van der Waals surface area contributed by atoms with Gasteiger partial charge in [0.2, 0.25) is 5.91 Å². The Morgan fingerprint density at radius 2 is 0.708 bits per heavy atom. The molecule has 2 aromatic rings. The molecule has 3 aliphatic rings. The van der Waals surface area contributed by atoms with Gasteiger partial charge in [-0.2, -0.15) is 0 Å². The molecule has 3 amide bonds. The second-order valence-corrected chi connectivity index (χ2v) is 25.5. The fraction of sp³-hybridized carbons (Fsp3) is 0.686. The van der Waals surface area contributed by atoms with Gasteiger partial charge >= 0.3 is 23.9 Å². The molecule has 3 aliphatic heterocycles. The topological polar surface area (TPSA) is 338 Å². The monoisotopic (exact) mass is 1350 g/mol. The van der Waals surface area contributed by atoms with Crippen LogP contribution < -0.4 is 30.2 Å². The Bertz CT molecular complexity index is 2790. The second-order valence-electron chi connectivity index (χ2n) is 25.5. The van der Waals surface area contributed by atoms with Crippen LogP contribution >= 0.6 is 0 Å². The minimum absolute atomic E-state index is 0.000228. The fourth-order valence-corrected chi connectivity index (χ4v) is 11.4. The average Bonchev–Trinajstić information content (AvgIpc) is 0.852. The van der Waals surface area contributed by atoms with Crippen LogP contribution in [0.1, 0.15) is 170 Å². The molecular weight excluding hydrogens is 1250 g/mol. The van der Waals surface area contributed by atoms with Crippen molar-refractivity contribution in [2.75, 3.05) is 59.3 Å². The number of carboxylic acid groups (broad SMARTS) is 1. The Kier molecular flexibility index (Phi) is 33.6. The summed E-state index contributed by atoms with van der Waals surface area (Å²) in [6.07, 6.45) is -1.10. The highest BCUT2D eigenvalue weighted by molar-refractivity contribution is 5.91. The molecular formula is C70H103N3O23. The number of benzene rings is 2. The molecule has 0 spiro atoms. The molecule has 2 aromatic carbocycles. The van der Waals surface area contributed by atoms with Gasteiger partial charge in [-0.3, -0.25) is 43.2 Å². The van der Waals surface area contributed by atoms with Gasteiger partial charge in [0.05, 0.1) is 43.7 Å². The highest BCUT2D eigenvalue weighted by atomic mass is 16.7. The first-order chi connectivity index (χ1) is 45.6. The van der Waals surface area contributed by atoms with Gasteiger partial charge in [-0.1, -0.05) is 41.5 Å². The molecule has 5 rings (SSSR count). The third kappa shape index (κ3) is 27.1. The number of hydrogen-bond acceptors (Lipinski definition) is 22. The lowest BCUT2D eigenvalue weighted by Gasteiger charge is -2.42. The van der Waals surface area contributed by atoms with Crippen LogP contribution in [0.5, 0.6) is 17.2 Å². The molecule has 6 unspecified atom stereocenters. The summed E-state index contributed by atoms with van der Waals surface area (Å²) in [6.45, 7) is 21.6. The van der Waals surface area contributed by atoms with Crippen LogP contribution in [0, 0.1) is 35.5 Å². The van der Waals surface area contributed by atoms with Crippen molar-refractivity contribution in [2.45, 2.75) is 216 Å². The summed E-state index contributed by atoms with van der Waals surface area (Å²) in [5, 5.41) is 18.4. The number of amides is 3. The van der Waals surface area contributed by atoms with Gasteiger partial charge in [0, 0.05) is 103 Å². The molecule has 15 atom stereocenters. The van der Waals surface area contributed by atoms with Crippen molar-refractivity contribution in [1.82, 2.24) is 16.0 Å². The molecule has 0 radical (unpaired) electrons. The summed E-state index contributed by atoms with van der Waals surface area (Å²) in [7, 11) is 0. The number of ether oxygens (including phenoxy) is 12. The van der Waals surface area contributed by atoms with Crippen molar-refractivity contribution in [3.05, 3.63) is 42.0 Å². The average molecular weight is 1350 g/mol. The summed E-state index contributed by atoms with van der Waals surface area (Å²) in [4.78, 5) is 125. The minimum atomic E-state index is -1.30. The van der Waals surface area contributed by atoms with Crippen molar-refractivity contribution in [3.8, 4) is 28.4 Å². The minimum Gasteiger partial charge on any atom is -0.486 e. The molecule has 0 saturated carbocycles. The molecule has 536 valence electrons. The number of hydrogen-bond donors (Lipinski definition) is 4. The van der Waals surface area contributed by atoms with E-state index in [2.05, 4.69) is 16.0 Å². The number of carbonyl (C=O) groups is 10. The van der Waals surface area contributed by atoms with Gasteiger partial charge in [-0.15, -0.1) is 0 Å². The van der Waals surface area contributed by atoms with E-state index in [9.17, 15) is 53.1 Å². The van der Waals surface area contributed by atoms with Crippen LogP contribution in [-0.2, 0) is 85.8 Å². The lowest BCUT2D eigenvalue weighted by molar-refractivity contribution is -0.271. The summed E-state index contributed by atoms with van der Waals surface area (Å²) in [6, 6.07) is 8.63. The van der Waals surface area contributed by atoms with E-state index in [1.165, 1.54) is 57.2 Å². The highest BCUT2D eigenvalue weighted by Crippen LogP contribution is 2.37. The molecule has 0 bridgehead atoms. The summed E-state index contributed by atoms with van der Waals surface area (Å²) in [5.74, 6) is -3.58. The molecule has 26 nitrogen and oxygen atoms in total. The Morgan fingerprint density at radius 1 is 0.385 bits per heavy atom. The molecule has 26 heteroatoms. The van der Waals surface area contributed by atoms with Crippen molar-refractivity contribution in [3.63, 3.8) is 0 Å². The predicted octanol–water partition coefficient (Wildman–Crippen LogP) is 7.82. The van der Waals surface area contributed by atoms with E-state index in [1.807, 2.05) is 62.3 Å². The van der Waals surface area contributed by atoms with Crippen LogP contribution in [0.25, 0.3) is 11.1 Å². The highest BCUT2D eigenvalue weighted by Gasteiger charge is 2.45. The Hall–Kier alpha value is -7.10. The normalized spacial score (nSPS) is 25.5. The van der Waals surface area contributed by atoms with Crippen LogP contribution in [-0.4, -0.2) is 179 Å². The van der Waals surface area contributed by atoms with E-state index in [0.717, 1.165) is 0 Å². The van der Waals surface area contributed by atoms with Gasteiger partial charge in [-0.05, 0) is 119 Å². The molecule has 96 heavy (non-hydrogen) atoms. The van der Waals surface area contributed by atoms with Gasteiger partial charge in [-0.25, -0.2) is 4.79 Å². The van der Waals surface area contributed by atoms with Crippen molar-refractivity contribution in [1.29, 1.82) is 0 Å². The van der Waals surface area contributed by atoms with Crippen molar-refractivity contribution in [2.24, 2.45) is 35.5 Å². The maximum absolute atomic E-state index is 13.1. The smallest absolute Gasteiger partial charge is 0.335 e. The largest absolute Gasteiger partial charge is 0.486 e. The number of carboxylic acids is 1. The van der Waals surface area contributed by atoms with E-state index < -0.39 is 92.7 Å². The Morgan fingerprint density at radius 3 is 1.08 bits per heavy atom. The maximum Gasteiger partial charge on any atom is 0.335 e. The Labute approximate surface area is 563 Å². The maximum atomic E-state index is 13.1. The fourth-order valence-electron chi connectivity index (χ4n) is 11.4. The van der Waals surface area contributed by atoms with Gasteiger partial charge in [0.1, 0.15) is 35.4 Å². The Balaban J connectivity index is 1.12. The third-order valence-electron chi connectivity index (χ3n) is 18.0. The van der Waals surface area contributed by atoms with Crippen LogP contribution in [0.15, 0.2) is 36.4 Å². The lowest BCUT2D eigenvalue weighted by Crippen LogP contribution is -2.51. The zero-order chi connectivity index (χ0) is 70.6. The molecule has 0 aromatic heterocycles. The van der Waals surface area contributed by atoms with Gasteiger partial charge < -0.3 is 77.9 Å². The quantitative estimate of drug-likeness (QED) is 0.0280. The zero-order valence-corrected chi connectivity index (χ0v) is 57.9. The van der Waals surface area contributed by atoms with E-state index in [4.69, 9.17) is 56.8 Å². The molecule has 3 fully saturated rings. The number of rotatable bonds is 41. The van der Waals surface area contributed by atoms with Gasteiger partial charge in [0.25, 0.3) is 11.8 Å². The van der Waals surface area contributed by atoms with Crippen LogP contribution in [0.2, 0.25) is 0 Å². The standard InChI is InChI=1S/C70H103N3O23/c1-40-43(4)64(94-49(10)74)68(91-46(40)7)85-28-16-22-55(77)19-13-26-72-62(81)38-89-59-33-53(34-60(36-59)90-39-63(82)73-27-14-20-56(78)23-17-29-86-69-65(95-50(11)75)44(5)41(2)47(8)92-69)52-31-54(67(83)84)35-58(32-52)88-37-57(79)21-15-25-71-61(80)24-18-30-87-70-66(96-51(12)76)45(6)42(3)48(9)93-70/h31-36,40-48,64-66,68-70H,13-30,37-39H2,1-12H3,(H,71,80)(H,72,81)(H,73,82)(H,83,84)/t40-,41-,42-,43?,44?,45?,46+,47+,48+,64+,65+,66+,68?,69?,70?/m1/s1. The predicted molar refractivity (Wildman–Crippen MR) is 347 cm³/mol. The first-order valence-corrected chi connectivity index (χ1v) is 33.7. The SMILES string of the molecule is CC(=O)O[C@@H]1C(OCCCC(=O)CCCNC(=O)COc2cc(OCC(=O)NCCCC(=O)CCCOC3O[C@@H](C)[C@H](C)C(C)[C@@H]3OC(C)=O)cc(-c3cc(OCC(=O)CCCNC(=O)CCCOC4O[C@@H](C)[C@H](C)C(C)[C@@H]4OC(C)=O)cc(C(=O)O)c3)c2)O[C@@H](C)[C@H](C)C1C. The molecule has 0 aliphatic carbocycles. The second kappa shape index (κ2) is 40.6. The number of nitrogens with one attached hydrogen (secondary N) is 3. The van der Waals surface area contributed by atoms with E-state index in [1.54, 1.807) is 0 Å². The number of carbonyl (C=O) groups excluding carboxylic acids is 9. The van der Waals surface area contributed by atoms with Crippen molar-refractivity contribution >= 4 is 58.9 Å². The third-order valence-corrected chi connectivity index (χ3v) is 18.0. The lowest BCUT2D eigenvalue weighted by atomic mass is 9.84. The van der Waals surface area contributed by atoms with E-state index in [0.29, 0.717) is 44.1 Å². The molecule has 3 saturated heterocycles. The van der Waals surface area contributed by atoms with Gasteiger partial charge in [0.15, 0.2) is 56.2 Å². The number of esters is 3. The first-order valence-electron chi connectivity index (χ1n) is 33.7. The van der Waals surface area contributed by atoms with Crippen LogP contribution in [0.3, 0.4) is 0 Å². The number of Topliss-reactive ketones (excluding diaryl/α,β-unsaturated/α-hetero) is 3. The first kappa shape index (κ1) is 79.6. The van der Waals surface area contributed by atoms with E-state index in [-0.39, 0.29) is 183 Å². The summed E-state index contributed by atoms with van der Waals surface area (Å²) < 4.78 is 70.0. The zero-order valence-electron chi connectivity index (χ0n) is 57.9. The van der Waals surface area contributed by atoms with E-state index >= 15 is 0 Å². The molecule has 3 heterocycles. The van der Waals surface area contributed by atoms with Crippen molar-refractivity contribution < 1.29 is 110 Å². The van der Waals surface area contributed by atoms with Crippen LogP contribution in [0.4, 0.5) is 0 Å². The summed E-state index contributed by atoms with van der Waals surface area (Å²) >= 11 is 0.